The number of thioether (sulfide) groups is 1. The molecule has 0 saturated heterocycles. The topological polar surface area (TPSA) is 84.3 Å². The van der Waals surface area contributed by atoms with Crippen LogP contribution in [0.5, 0.6) is 0 Å². The summed E-state index contributed by atoms with van der Waals surface area (Å²) in [5.74, 6) is 1.23. The van der Waals surface area contributed by atoms with Crippen molar-refractivity contribution >= 4 is 30.9 Å². The predicted molar refractivity (Wildman–Crippen MR) is 147 cm³/mol. The van der Waals surface area contributed by atoms with Gasteiger partial charge in [-0.15, -0.1) is 11.8 Å². The van der Waals surface area contributed by atoms with Crippen molar-refractivity contribution in [1.29, 1.82) is 0 Å². The third-order valence-electron chi connectivity index (χ3n) is 3.99. The summed E-state index contributed by atoms with van der Waals surface area (Å²) in [7, 11) is 1.51. The molecule has 8 heteroatoms. The Kier molecular flexibility index (Phi) is 17.0. The molecule has 0 aliphatic rings. The van der Waals surface area contributed by atoms with E-state index in [1.54, 1.807) is 30.5 Å². The maximum Gasteiger partial charge on any atom is 0.320 e. The van der Waals surface area contributed by atoms with Gasteiger partial charge in [-0.05, 0) is 48.9 Å². The lowest BCUT2D eigenvalue weighted by Gasteiger charge is -2.14. The first-order chi connectivity index (χ1) is 16.4. The smallest absolute Gasteiger partial charge is 0.320 e. The number of ether oxygens (including phenoxy) is 2. The van der Waals surface area contributed by atoms with E-state index in [1.165, 1.54) is 31.3 Å². The molecule has 0 radical (unpaired) electrons. The molecule has 0 heterocycles. The summed E-state index contributed by atoms with van der Waals surface area (Å²) >= 11 is 1.35. The van der Waals surface area contributed by atoms with Crippen molar-refractivity contribution in [2.24, 2.45) is 15.9 Å². The minimum Gasteiger partial charge on any atom is -0.491 e. The minimum absolute atomic E-state index is 0.259. The number of nitrogens with zero attached hydrogens (tertiary/aromatic N) is 2. The number of allylic oxidation sites excluding steroid dienone is 7. The first-order valence-electron chi connectivity index (χ1n) is 10.5. The van der Waals surface area contributed by atoms with Gasteiger partial charge in [-0.2, -0.15) is 0 Å². The fourth-order valence-corrected chi connectivity index (χ4v) is 2.99. The number of aliphatic imine (C=N–C) groups is 2. The number of rotatable bonds is 17. The lowest BCUT2D eigenvalue weighted by atomic mass is 10.1. The van der Waals surface area contributed by atoms with Crippen LogP contribution in [0.3, 0.4) is 0 Å². The van der Waals surface area contributed by atoms with Crippen molar-refractivity contribution in [2.45, 2.75) is 20.3 Å². The zero-order chi connectivity index (χ0) is 25.8. The van der Waals surface area contributed by atoms with E-state index in [-0.39, 0.29) is 5.88 Å². The molecule has 0 saturated carbocycles. The molecule has 184 valence electrons. The van der Waals surface area contributed by atoms with Crippen LogP contribution in [-0.2, 0) is 9.47 Å². The van der Waals surface area contributed by atoms with Crippen LogP contribution in [0.25, 0.3) is 0 Å². The van der Waals surface area contributed by atoms with Gasteiger partial charge in [-0.3, -0.25) is 4.99 Å². The van der Waals surface area contributed by atoms with Crippen molar-refractivity contribution in [2.75, 3.05) is 19.6 Å². The van der Waals surface area contributed by atoms with Gasteiger partial charge in [0.05, 0.1) is 31.0 Å². The Hall–Kier alpha value is -3.52. The molecule has 0 fully saturated rings. The number of carbonyl (C=O) groups excluding carboxylic acids is 1. The average Bonchev–Trinajstić information content (AvgIpc) is 2.82. The van der Waals surface area contributed by atoms with Crippen LogP contribution in [-0.4, -0.2) is 38.7 Å². The van der Waals surface area contributed by atoms with E-state index in [0.29, 0.717) is 29.7 Å². The molecule has 0 spiro atoms. The second-order valence-electron chi connectivity index (χ2n) is 6.91. The van der Waals surface area contributed by atoms with Gasteiger partial charge in [0.15, 0.2) is 6.40 Å². The van der Waals surface area contributed by atoms with Crippen LogP contribution in [0.1, 0.15) is 20.3 Å². The largest absolute Gasteiger partial charge is 0.491 e. The lowest BCUT2D eigenvalue weighted by Crippen LogP contribution is -2.35. The Bertz CT molecular complexity index is 870. The van der Waals surface area contributed by atoms with Crippen molar-refractivity contribution in [3.8, 4) is 0 Å². The van der Waals surface area contributed by atoms with E-state index in [0.717, 1.165) is 16.9 Å². The molecule has 7 nitrogen and oxygen atoms in total. The lowest BCUT2D eigenvalue weighted by molar-refractivity contribution is 0.202. The normalized spacial score (nSPS) is 13.1. The molecule has 0 aromatic heterocycles. The summed E-state index contributed by atoms with van der Waals surface area (Å²) < 4.78 is 10.5. The summed E-state index contributed by atoms with van der Waals surface area (Å²) in [5.41, 5.74) is 1.76. The average molecular weight is 485 g/mol. The SMILES string of the molecule is C=C\C(N=C)=C(/C=C/C(C=C)=C/N=COC)SCNC(=O)N/C(C=C)=C(/C=C)OCCC(C)C. The quantitative estimate of drug-likeness (QED) is 0.0869. The third-order valence-corrected chi connectivity index (χ3v) is 4.93. The number of carbonyl (C=O) groups is 1. The zero-order valence-electron chi connectivity index (χ0n) is 20.4. The van der Waals surface area contributed by atoms with E-state index < -0.39 is 6.03 Å². The number of urea groups is 1. The Morgan fingerprint density at radius 1 is 1.09 bits per heavy atom. The molecule has 0 aromatic carbocycles. The third kappa shape index (κ3) is 13.1. The van der Waals surface area contributed by atoms with E-state index in [9.17, 15) is 4.79 Å². The number of amides is 2. The maximum atomic E-state index is 12.4. The summed E-state index contributed by atoms with van der Waals surface area (Å²) in [5, 5.41) is 5.52. The molecule has 0 bridgehead atoms. The highest BCUT2D eigenvalue weighted by atomic mass is 32.2. The second-order valence-corrected chi connectivity index (χ2v) is 7.92. The van der Waals surface area contributed by atoms with Crippen molar-refractivity contribution in [3.63, 3.8) is 0 Å². The van der Waals surface area contributed by atoms with Gasteiger partial charge in [-0.25, -0.2) is 9.79 Å². The van der Waals surface area contributed by atoms with Gasteiger partial charge in [0.1, 0.15) is 5.76 Å². The Labute approximate surface area is 208 Å². The standard InChI is InChI=1S/C26H36N4O3S/c1-9-21(17-28-18-32-8)13-14-25(23(11-3)27-7)34-19-29-26(31)30-22(10-2)24(12-4)33-16-15-20(5)6/h9-14,17-18,20H,1-4,7,15-16,19H2,5-6,8H3,(H2,29,30,31)/b14-13+,21-17+,24-22-,25-23-,28-18?. The molecule has 0 unspecified atom stereocenters. The van der Waals surface area contributed by atoms with Gasteiger partial charge >= 0.3 is 6.03 Å². The highest BCUT2D eigenvalue weighted by Gasteiger charge is 2.09. The number of hydrogen-bond donors (Lipinski definition) is 2. The minimum atomic E-state index is -0.412. The van der Waals surface area contributed by atoms with Crippen molar-refractivity contribution in [3.05, 3.63) is 96.6 Å². The van der Waals surface area contributed by atoms with E-state index in [1.807, 2.05) is 6.08 Å². The fraction of sp³-hybridized carbons (Fsp3) is 0.269. The highest BCUT2D eigenvalue weighted by Crippen LogP contribution is 2.23. The van der Waals surface area contributed by atoms with Crippen LogP contribution >= 0.6 is 11.8 Å². The highest BCUT2D eigenvalue weighted by molar-refractivity contribution is 8.03. The summed E-state index contributed by atoms with van der Waals surface area (Å²) in [6, 6.07) is -0.412. The number of methoxy groups -OCH3 is 1. The molecule has 2 N–H and O–H groups in total. The van der Waals surface area contributed by atoms with Crippen LogP contribution in [0.2, 0.25) is 0 Å². The number of nitrogens with one attached hydrogen (secondary N) is 2. The van der Waals surface area contributed by atoms with Crippen molar-refractivity contribution < 1.29 is 14.3 Å². The van der Waals surface area contributed by atoms with Crippen LogP contribution in [0, 0.1) is 5.92 Å². The first-order valence-corrected chi connectivity index (χ1v) is 11.5. The molecule has 34 heavy (non-hydrogen) atoms. The molecule has 0 aliphatic heterocycles. The zero-order valence-corrected chi connectivity index (χ0v) is 21.2. The van der Waals surface area contributed by atoms with Gasteiger partial charge in [0.25, 0.3) is 0 Å². The molecule has 0 aliphatic carbocycles. The molecular formula is C26H36N4O3S. The van der Waals surface area contributed by atoms with Crippen LogP contribution < -0.4 is 10.6 Å². The summed E-state index contributed by atoms with van der Waals surface area (Å²) in [4.78, 5) is 21.1. The van der Waals surface area contributed by atoms with Gasteiger partial charge < -0.3 is 20.1 Å². The Morgan fingerprint density at radius 2 is 1.82 bits per heavy atom. The van der Waals surface area contributed by atoms with E-state index >= 15 is 0 Å². The first kappa shape index (κ1) is 30.5. The number of hydrogen-bond acceptors (Lipinski definition) is 6. The predicted octanol–water partition coefficient (Wildman–Crippen LogP) is 6.02. The summed E-state index contributed by atoms with van der Waals surface area (Å²) in [6.45, 7) is 23.3. The molecule has 2 amide bonds. The van der Waals surface area contributed by atoms with Gasteiger partial charge in [0.2, 0.25) is 0 Å². The molecular weight excluding hydrogens is 448 g/mol. The Balaban J connectivity index is 5.26. The van der Waals surface area contributed by atoms with Crippen molar-refractivity contribution in [1.82, 2.24) is 10.6 Å². The fourth-order valence-electron chi connectivity index (χ4n) is 2.17. The molecule has 0 atom stereocenters. The monoisotopic (exact) mass is 484 g/mol. The maximum absolute atomic E-state index is 12.4. The van der Waals surface area contributed by atoms with Gasteiger partial charge in [-0.1, -0.05) is 52.3 Å². The second kappa shape index (κ2) is 19.0. The Morgan fingerprint density at radius 3 is 2.35 bits per heavy atom. The van der Waals surface area contributed by atoms with E-state index in [4.69, 9.17) is 9.47 Å². The van der Waals surface area contributed by atoms with E-state index in [2.05, 4.69) is 67.5 Å². The van der Waals surface area contributed by atoms with Crippen LogP contribution in [0.15, 0.2) is 107 Å². The molecule has 0 aromatic rings. The van der Waals surface area contributed by atoms with Gasteiger partial charge in [0, 0.05) is 11.1 Å². The van der Waals surface area contributed by atoms with Crippen LogP contribution in [0.4, 0.5) is 4.79 Å². The summed E-state index contributed by atoms with van der Waals surface area (Å²) in [6.07, 6.45) is 13.7. The molecule has 0 rings (SSSR count).